The molecule has 0 aliphatic heterocycles. The quantitative estimate of drug-likeness (QED) is 0.500. The maximum Gasteiger partial charge on any atom is 0.262 e. The Morgan fingerprint density at radius 2 is 1.78 bits per heavy atom. The van der Waals surface area contributed by atoms with Crippen molar-refractivity contribution < 1.29 is 23.5 Å². The van der Waals surface area contributed by atoms with E-state index in [4.69, 9.17) is 21.1 Å². The number of anilines is 1. The zero-order valence-electron chi connectivity index (χ0n) is 18.2. The monoisotopic (exact) mass is 487 g/mol. The molecule has 2 aromatic rings. The molecule has 0 heterocycles. The standard InChI is InChI=1S/C22H27ClFN3O4.ClH/c1-4-27(5-2)11-10-25-22(29)17-12-18(23)19(13-20(17)30-3)26-21(28)14-31-16-8-6-15(24)7-9-16;/h6-9,12-13H,4-5,10-11,14H2,1-3H3,(H,25,29)(H,26,28);1H. The molecule has 10 heteroatoms. The van der Waals surface area contributed by atoms with E-state index in [1.165, 1.54) is 43.5 Å². The number of carbonyl (C=O) groups is 2. The van der Waals surface area contributed by atoms with Crippen molar-refractivity contribution in [3.8, 4) is 11.5 Å². The van der Waals surface area contributed by atoms with Crippen molar-refractivity contribution in [1.29, 1.82) is 0 Å². The molecule has 7 nitrogen and oxygen atoms in total. The van der Waals surface area contributed by atoms with Gasteiger partial charge in [0, 0.05) is 19.2 Å². The molecule has 0 bridgehead atoms. The Morgan fingerprint density at radius 3 is 2.38 bits per heavy atom. The Hall–Kier alpha value is -2.55. The summed E-state index contributed by atoms with van der Waals surface area (Å²) in [4.78, 5) is 26.9. The smallest absolute Gasteiger partial charge is 0.262 e. The summed E-state index contributed by atoms with van der Waals surface area (Å²) in [6.07, 6.45) is 0. The molecule has 176 valence electrons. The number of methoxy groups -OCH3 is 1. The predicted octanol–water partition coefficient (Wildman–Crippen LogP) is 4.00. The first-order chi connectivity index (χ1) is 14.9. The number of halogens is 3. The third kappa shape index (κ3) is 8.18. The van der Waals surface area contributed by atoms with Crippen LogP contribution in [0.25, 0.3) is 0 Å². The third-order valence-corrected chi connectivity index (χ3v) is 4.91. The van der Waals surface area contributed by atoms with Crippen molar-refractivity contribution in [3.05, 3.63) is 52.8 Å². The molecule has 0 aromatic heterocycles. The zero-order valence-corrected chi connectivity index (χ0v) is 19.8. The molecule has 32 heavy (non-hydrogen) atoms. The second-order valence-electron chi connectivity index (χ2n) is 6.61. The van der Waals surface area contributed by atoms with Crippen LogP contribution >= 0.6 is 24.0 Å². The average molecular weight is 488 g/mol. The van der Waals surface area contributed by atoms with Crippen LogP contribution in [-0.2, 0) is 4.79 Å². The van der Waals surface area contributed by atoms with Gasteiger partial charge >= 0.3 is 0 Å². The Labute approximate surface area is 198 Å². The van der Waals surface area contributed by atoms with Crippen LogP contribution in [0.1, 0.15) is 24.2 Å². The second-order valence-corrected chi connectivity index (χ2v) is 7.01. The number of nitrogens with one attached hydrogen (secondary N) is 2. The highest BCUT2D eigenvalue weighted by molar-refractivity contribution is 6.34. The Balaban J connectivity index is 0.00000512. The van der Waals surface area contributed by atoms with Gasteiger partial charge in [-0.3, -0.25) is 9.59 Å². The third-order valence-electron chi connectivity index (χ3n) is 4.60. The fraction of sp³-hybridized carbons (Fsp3) is 0.364. The average Bonchev–Trinajstić information content (AvgIpc) is 2.77. The number of hydrogen-bond acceptors (Lipinski definition) is 5. The van der Waals surface area contributed by atoms with Crippen molar-refractivity contribution in [2.24, 2.45) is 0 Å². The molecule has 0 saturated carbocycles. The Morgan fingerprint density at radius 1 is 1.12 bits per heavy atom. The molecular formula is C22H28Cl2FN3O4. The van der Waals surface area contributed by atoms with Gasteiger partial charge in [0.15, 0.2) is 6.61 Å². The first-order valence-electron chi connectivity index (χ1n) is 9.94. The number of likely N-dealkylation sites (N-methyl/N-ethyl adjacent to an activating group) is 1. The van der Waals surface area contributed by atoms with Crippen LogP contribution in [0.4, 0.5) is 10.1 Å². The number of benzene rings is 2. The molecule has 2 aromatic carbocycles. The number of nitrogens with zero attached hydrogens (tertiary/aromatic N) is 1. The summed E-state index contributed by atoms with van der Waals surface area (Å²) in [6, 6.07) is 8.25. The van der Waals surface area contributed by atoms with Crippen molar-refractivity contribution in [2.45, 2.75) is 13.8 Å². The van der Waals surface area contributed by atoms with Crippen LogP contribution in [-0.4, -0.2) is 56.6 Å². The van der Waals surface area contributed by atoms with Crippen molar-refractivity contribution >= 4 is 41.5 Å². The van der Waals surface area contributed by atoms with E-state index in [0.29, 0.717) is 12.3 Å². The molecule has 0 radical (unpaired) electrons. The predicted molar refractivity (Wildman–Crippen MR) is 126 cm³/mol. The highest BCUT2D eigenvalue weighted by Crippen LogP contribution is 2.31. The van der Waals surface area contributed by atoms with Gasteiger partial charge in [-0.15, -0.1) is 12.4 Å². The van der Waals surface area contributed by atoms with Gasteiger partial charge < -0.3 is 25.0 Å². The van der Waals surface area contributed by atoms with Gasteiger partial charge in [-0.05, 0) is 43.4 Å². The lowest BCUT2D eigenvalue weighted by molar-refractivity contribution is -0.118. The van der Waals surface area contributed by atoms with E-state index in [9.17, 15) is 14.0 Å². The van der Waals surface area contributed by atoms with Crippen LogP contribution in [0.5, 0.6) is 11.5 Å². The van der Waals surface area contributed by atoms with Gasteiger partial charge in [0.05, 0.1) is 23.4 Å². The lowest BCUT2D eigenvalue weighted by Crippen LogP contribution is -2.35. The lowest BCUT2D eigenvalue weighted by atomic mass is 10.1. The molecule has 0 aliphatic carbocycles. The van der Waals surface area contributed by atoms with E-state index in [-0.39, 0.29) is 46.9 Å². The summed E-state index contributed by atoms with van der Waals surface area (Å²) in [5.74, 6) is -0.544. The topological polar surface area (TPSA) is 79.9 Å². The summed E-state index contributed by atoms with van der Waals surface area (Å²) in [6.45, 7) is 6.86. The van der Waals surface area contributed by atoms with E-state index in [1.807, 2.05) is 0 Å². The molecule has 0 saturated heterocycles. The molecular weight excluding hydrogens is 460 g/mol. The van der Waals surface area contributed by atoms with Crippen LogP contribution in [0.15, 0.2) is 36.4 Å². The molecule has 0 unspecified atom stereocenters. The summed E-state index contributed by atoms with van der Waals surface area (Å²) in [7, 11) is 1.43. The van der Waals surface area contributed by atoms with E-state index in [2.05, 4.69) is 29.4 Å². The Bertz CT molecular complexity index is 893. The SMILES string of the molecule is CCN(CC)CCNC(=O)c1cc(Cl)c(NC(=O)COc2ccc(F)cc2)cc1OC.Cl. The molecule has 0 aliphatic rings. The van der Waals surface area contributed by atoms with Crippen molar-refractivity contribution in [1.82, 2.24) is 10.2 Å². The van der Waals surface area contributed by atoms with E-state index in [0.717, 1.165) is 19.6 Å². The molecule has 0 fully saturated rings. The fourth-order valence-corrected chi connectivity index (χ4v) is 3.04. The van der Waals surface area contributed by atoms with E-state index in [1.54, 1.807) is 0 Å². The minimum atomic E-state index is -0.468. The summed E-state index contributed by atoms with van der Waals surface area (Å²) < 4.78 is 23.5. The normalized spacial score (nSPS) is 10.3. The number of ether oxygens (including phenoxy) is 2. The van der Waals surface area contributed by atoms with Gasteiger partial charge in [0.1, 0.15) is 17.3 Å². The minimum absolute atomic E-state index is 0. The summed E-state index contributed by atoms with van der Waals surface area (Å²) >= 11 is 6.27. The molecule has 0 spiro atoms. The largest absolute Gasteiger partial charge is 0.496 e. The van der Waals surface area contributed by atoms with Crippen molar-refractivity contribution in [2.75, 3.05) is 45.2 Å². The van der Waals surface area contributed by atoms with Gasteiger partial charge in [-0.25, -0.2) is 4.39 Å². The summed E-state index contributed by atoms with van der Waals surface area (Å²) in [5, 5.41) is 5.65. The number of amides is 2. The lowest BCUT2D eigenvalue weighted by Gasteiger charge is -2.18. The highest BCUT2D eigenvalue weighted by atomic mass is 35.5. The molecule has 2 amide bonds. The van der Waals surface area contributed by atoms with E-state index < -0.39 is 11.7 Å². The highest BCUT2D eigenvalue weighted by Gasteiger charge is 2.17. The first kappa shape index (κ1) is 27.5. The maximum atomic E-state index is 12.9. The van der Waals surface area contributed by atoms with Crippen LogP contribution in [0.3, 0.4) is 0 Å². The molecule has 2 N–H and O–H groups in total. The van der Waals surface area contributed by atoms with Gasteiger partial charge in [-0.1, -0.05) is 25.4 Å². The van der Waals surface area contributed by atoms with Gasteiger partial charge in [0.2, 0.25) is 0 Å². The summed E-state index contributed by atoms with van der Waals surface area (Å²) in [5.41, 5.74) is 0.554. The minimum Gasteiger partial charge on any atom is -0.496 e. The van der Waals surface area contributed by atoms with Crippen LogP contribution < -0.4 is 20.1 Å². The number of hydrogen-bond donors (Lipinski definition) is 2. The van der Waals surface area contributed by atoms with Gasteiger partial charge in [0.25, 0.3) is 11.8 Å². The van der Waals surface area contributed by atoms with Gasteiger partial charge in [-0.2, -0.15) is 0 Å². The number of carbonyl (C=O) groups excluding carboxylic acids is 2. The van der Waals surface area contributed by atoms with Crippen molar-refractivity contribution in [3.63, 3.8) is 0 Å². The maximum absolute atomic E-state index is 12.9. The van der Waals surface area contributed by atoms with Crippen LogP contribution in [0.2, 0.25) is 5.02 Å². The molecule has 2 rings (SSSR count). The van der Waals surface area contributed by atoms with Crippen LogP contribution in [0, 0.1) is 5.82 Å². The molecule has 0 atom stereocenters. The van der Waals surface area contributed by atoms with E-state index >= 15 is 0 Å². The second kappa shape index (κ2) is 13.8. The first-order valence-corrected chi connectivity index (χ1v) is 10.3. The zero-order chi connectivity index (χ0) is 22.8. The number of rotatable bonds is 11. The Kier molecular flexibility index (Phi) is 11.8. The fourth-order valence-electron chi connectivity index (χ4n) is 2.82.